The number of aromatic amines is 1. The second kappa shape index (κ2) is 4.58. The van der Waals surface area contributed by atoms with Crippen molar-refractivity contribution in [2.75, 3.05) is 5.88 Å². The van der Waals surface area contributed by atoms with Gasteiger partial charge in [0.2, 0.25) is 0 Å². The normalized spacial score (nSPS) is 9.00. The van der Waals surface area contributed by atoms with Crippen molar-refractivity contribution < 1.29 is 9.90 Å². The van der Waals surface area contributed by atoms with Crippen LogP contribution in [0.15, 0.2) is 12.3 Å². The second-order valence-corrected chi connectivity index (χ2v) is 2.73. The summed E-state index contributed by atoms with van der Waals surface area (Å²) in [5.41, 5.74) is 0.817. The van der Waals surface area contributed by atoms with E-state index < -0.39 is 5.97 Å². The first-order valence-electron chi connectivity index (χ1n) is 3.70. The van der Waals surface area contributed by atoms with E-state index in [1.165, 1.54) is 6.07 Å². The van der Waals surface area contributed by atoms with Gasteiger partial charge in [-0.3, -0.25) is 0 Å². The largest absolute Gasteiger partial charge is 0.477 e. The molecule has 1 rings (SSSR count). The van der Waals surface area contributed by atoms with Crippen molar-refractivity contribution >= 4 is 17.6 Å². The second-order valence-electron chi connectivity index (χ2n) is 2.35. The van der Waals surface area contributed by atoms with Gasteiger partial charge in [-0.25, -0.2) is 4.79 Å². The van der Waals surface area contributed by atoms with E-state index in [1.807, 2.05) is 0 Å². The minimum absolute atomic E-state index is 0.148. The number of nitrogens with one attached hydrogen (secondary N) is 1. The van der Waals surface area contributed by atoms with Crippen molar-refractivity contribution in [3.63, 3.8) is 0 Å². The van der Waals surface area contributed by atoms with Crippen LogP contribution in [0.3, 0.4) is 0 Å². The van der Waals surface area contributed by atoms with E-state index in [0.29, 0.717) is 17.9 Å². The number of rotatable bonds is 2. The molecular formula is C9H8ClNO2. The SMILES string of the molecule is O=C(O)c1cc(C#CCCCl)c[nH]1. The summed E-state index contributed by atoms with van der Waals surface area (Å²) in [6, 6.07) is 1.49. The molecule has 0 saturated heterocycles. The Bertz CT molecular complexity index is 359. The van der Waals surface area contributed by atoms with E-state index in [4.69, 9.17) is 16.7 Å². The molecule has 4 heteroatoms. The average molecular weight is 198 g/mol. The van der Waals surface area contributed by atoms with Crippen molar-refractivity contribution in [3.05, 3.63) is 23.5 Å². The molecule has 0 aromatic carbocycles. The number of alkyl halides is 1. The van der Waals surface area contributed by atoms with Gasteiger partial charge in [0.25, 0.3) is 0 Å². The highest BCUT2D eigenvalue weighted by molar-refractivity contribution is 6.18. The molecule has 0 bridgehead atoms. The van der Waals surface area contributed by atoms with Crippen LogP contribution in [-0.4, -0.2) is 21.9 Å². The van der Waals surface area contributed by atoms with Gasteiger partial charge in [-0.2, -0.15) is 0 Å². The molecule has 0 amide bonds. The molecule has 1 heterocycles. The van der Waals surface area contributed by atoms with Gasteiger partial charge in [-0.1, -0.05) is 11.8 Å². The molecule has 0 fully saturated rings. The maximum absolute atomic E-state index is 10.4. The van der Waals surface area contributed by atoms with E-state index in [9.17, 15) is 4.79 Å². The Labute approximate surface area is 80.7 Å². The fourth-order valence-electron chi connectivity index (χ4n) is 0.802. The summed E-state index contributed by atoms with van der Waals surface area (Å²) >= 11 is 5.42. The Balaban J connectivity index is 2.71. The third-order valence-electron chi connectivity index (χ3n) is 1.37. The molecule has 0 aliphatic carbocycles. The van der Waals surface area contributed by atoms with Gasteiger partial charge in [-0.05, 0) is 6.07 Å². The lowest BCUT2D eigenvalue weighted by molar-refractivity contribution is 0.0691. The summed E-state index contributed by atoms with van der Waals surface area (Å²) in [7, 11) is 0. The number of H-pyrrole nitrogens is 1. The molecule has 0 spiro atoms. The molecule has 1 aromatic heterocycles. The van der Waals surface area contributed by atoms with Gasteiger partial charge < -0.3 is 10.1 Å². The highest BCUT2D eigenvalue weighted by atomic mass is 35.5. The Morgan fingerprint density at radius 2 is 2.46 bits per heavy atom. The van der Waals surface area contributed by atoms with Crippen LogP contribution in [0.25, 0.3) is 0 Å². The summed E-state index contributed by atoms with van der Waals surface area (Å²) < 4.78 is 0. The highest BCUT2D eigenvalue weighted by Gasteiger charge is 2.03. The van der Waals surface area contributed by atoms with Crippen LogP contribution in [-0.2, 0) is 0 Å². The minimum atomic E-state index is -0.981. The lowest BCUT2D eigenvalue weighted by Gasteiger charge is -1.81. The maximum Gasteiger partial charge on any atom is 0.352 e. The predicted molar refractivity (Wildman–Crippen MR) is 50.0 cm³/mol. The summed E-state index contributed by atoms with van der Waals surface area (Å²) in [6.07, 6.45) is 2.17. The molecule has 1 aromatic rings. The van der Waals surface area contributed by atoms with Crippen LogP contribution in [0, 0.1) is 11.8 Å². The van der Waals surface area contributed by atoms with E-state index in [0.717, 1.165) is 0 Å². The van der Waals surface area contributed by atoms with Gasteiger partial charge in [0, 0.05) is 24.1 Å². The van der Waals surface area contributed by atoms with Crippen molar-refractivity contribution in [1.82, 2.24) is 4.98 Å². The number of carboxylic acids is 1. The summed E-state index contributed by atoms with van der Waals surface area (Å²) in [4.78, 5) is 13.0. The van der Waals surface area contributed by atoms with Gasteiger partial charge in [0.05, 0.1) is 0 Å². The number of carbonyl (C=O) groups is 1. The van der Waals surface area contributed by atoms with Gasteiger partial charge in [0.1, 0.15) is 5.69 Å². The molecule has 0 aliphatic rings. The molecule has 0 atom stereocenters. The van der Waals surface area contributed by atoms with Gasteiger partial charge in [-0.15, -0.1) is 11.6 Å². The predicted octanol–water partition coefficient (Wildman–Crippen LogP) is 1.69. The van der Waals surface area contributed by atoms with Crippen LogP contribution in [0.4, 0.5) is 0 Å². The maximum atomic E-state index is 10.4. The molecule has 13 heavy (non-hydrogen) atoms. The first-order chi connectivity index (χ1) is 6.24. The number of halogens is 1. The number of carboxylic acid groups (broad SMARTS) is 1. The fraction of sp³-hybridized carbons (Fsp3) is 0.222. The summed E-state index contributed by atoms with van der Waals surface area (Å²) in [5, 5.41) is 8.57. The van der Waals surface area contributed by atoms with Crippen LogP contribution in [0.5, 0.6) is 0 Å². The first kappa shape index (κ1) is 9.69. The minimum Gasteiger partial charge on any atom is -0.477 e. The van der Waals surface area contributed by atoms with E-state index in [1.54, 1.807) is 6.20 Å². The summed E-state index contributed by atoms with van der Waals surface area (Å²) in [5.74, 6) is 5.11. The van der Waals surface area contributed by atoms with Crippen molar-refractivity contribution in [2.45, 2.75) is 6.42 Å². The van der Waals surface area contributed by atoms with E-state index in [2.05, 4.69) is 16.8 Å². The Kier molecular flexibility index (Phi) is 3.41. The molecular weight excluding hydrogens is 190 g/mol. The van der Waals surface area contributed by atoms with Crippen LogP contribution < -0.4 is 0 Å². The van der Waals surface area contributed by atoms with Gasteiger partial charge >= 0.3 is 5.97 Å². The quantitative estimate of drug-likeness (QED) is 0.560. The third kappa shape index (κ3) is 2.85. The number of aromatic nitrogens is 1. The Morgan fingerprint density at radius 1 is 1.69 bits per heavy atom. The molecule has 0 radical (unpaired) electrons. The van der Waals surface area contributed by atoms with E-state index >= 15 is 0 Å². The fourth-order valence-corrected chi connectivity index (χ4v) is 0.896. The van der Waals surface area contributed by atoms with Crippen molar-refractivity contribution in [1.29, 1.82) is 0 Å². The van der Waals surface area contributed by atoms with Crippen molar-refractivity contribution in [2.24, 2.45) is 0 Å². The Hall–Kier alpha value is -1.40. The zero-order chi connectivity index (χ0) is 9.68. The summed E-state index contributed by atoms with van der Waals surface area (Å²) in [6.45, 7) is 0. The molecule has 2 N–H and O–H groups in total. The topological polar surface area (TPSA) is 53.1 Å². The van der Waals surface area contributed by atoms with Crippen LogP contribution in [0.1, 0.15) is 22.5 Å². The molecule has 0 unspecified atom stereocenters. The highest BCUT2D eigenvalue weighted by Crippen LogP contribution is 2.01. The monoisotopic (exact) mass is 197 g/mol. The lowest BCUT2D eigenvalue weighted by atomic mass is 10.3. The molecule has 68 valence electrons. The molecule has 0 aliphatic heterocycles. The number of hydrogen-bond acceptors (Lipinski definition) is 1. The average Bonchev–Trinajstić information content (AvgIpc) is 2.53. The Morgan fingerprint density at radius 3 is 3.00 bits per heavy atom. The molecule has 0 saturated carbocycles. The van der Waals surface area contributed by atoms with Crippen LogP contribution in [0.2, 0.25) is 0 Å². The first-order valence-corrected chi connectivity index (χ1v) is 4.24. The third-order valence-corrected chi connectivity index (χ3v) is 1.55. The zero-order valence-electron chi connectivity index (χ0n) is 6.80. The zero-order valence-corrected chi connectivity index (χ0v) is 7.56. The number of aromatic carboxylic acids is 1. The standard InChI is InChI=1S/C9H8ClNO2/c10-4-2-1-3-7-5-8(9(12)13)11-6-7/h5-6,11H,2,4H2,(H,12,13). The van der Waals surface area contributed by atoms with Crippen LogP contribution >= 0.6 is 11.6 Å². The lowest BCUT2D eigenvalue weighted by Crippen LogP contribution is -1.94. The van der Waals surface area contributed by atoms with Gasteiger partial charge in [0.15, 0.2) is 0 Å². The number of hydrogen-bond donors (Lipinski definition) is 2. The molecule has 3 nitrogen and oxygen atoms in total. The van der Waals surface area contributed by atoms with Crippen molar-refractivity contribution in [3.8, 4) is 11.8 Å². The van der Waals surface area contributed by atoms with E-state index in [-0.39, 0.29) is 5.69 Å². The smallest absolute Gasteiger partial charge is 0.352 e.